The van der Waals surface area contributed by atoms with Crippen LogP contribution in [0.3, 0.4) is 0 Å². The lowest BCUT2D eigenvalue weighted by molar-refractivity contribution is -0.139. The maximum Gasteiger partial charge on any atom is 0.326 e. The summed E-state index contributed by atoms with van der Waals surface area (Å²) in [5.74, 6) is -1.40. The number of carbonyl (C=O) groups excluding carboxylic acids is 1. The number of hydrogen-bond donors (Lipinski definition) is 2. The summed E-state index contributed by atoms with van der Waals surface area (Å²) in [6, 6.07) is 0.911. The highest BCUT2D eigenvalue weighted by atomic mass is 32.1. The summed E-state index contributed by atoms with van der Waals surface area (Å²) in [7, 11) is 1.49. The third-order valence-corrected chi connectivity index (χ3v) is 3.30. The van der Waals surface area contributed by atoms with Crippen LogP contribution < -0.4 is 5.32 Å². The molecule has 0 aliphatic rings. The van der Waals surface area contributed by atoms with E-state index < -0.39 is 12.0 Å². The average molecular weight is 257 g/mol. The van der Waals surface area contributed by atoms with E-state index in [-0.39, 0.29) is 12.3 Å². The zero-order valence-corrected chi connectivity index (χ0v) is 10.5. The van der Waals surface area contributed by atoms with Crippen molar-refractivity contribution in [3.05, 3.63) is 21.9 Å². The van der Waals surface area contributed by atoms with Crippen molar-refractivity contribution in [3.63, 3.8) is 0 Å². The molecule has 1 unspecified atom stereocenters. The first-order valence-corrected chi connectivity index (χ1v) is 6.01. The molecule has 0 saturated carbocycles. The number of aryl methyl sites for hydroxylation is 1. The van der Waals surface area contributed by atoms with Gasteiger partial charge in [0.1, 0.15) is 6.04 Å². The van der Waals surface area contributed by atoms with Crippen LogP contribution >= 0.6 is 11.3 Å². The molecule has 1 rings (SSSR count). The fraction of sp³-hybridized carbons (Fsp3) is 0.455. The molecule has 0 fully saturated rings. The second-order valence-corrected chi connectivity index (χ2v) is 4.49. The van der Waals surface area contributed by atoms with Gasteiger partial charge in [-0.3, -0.25) is 4.79 Å². The molecule has 1 atom stereocenters. The lowest BCUT2D eigenvalue weighted by Gasteiger charge is -2.13. The topological polar surface area (TPSA) is 75.6 Å². The van der Waals surface area contributed by atoms with E-state index >= 15 is 0 Å². The number of aliphatic carboxylic acids is 1. The Labute approximate surface area is 103 Å². The van der Waals surface area contributed by atoms with Crippen LogP contribution in [0.4, 0.5) is 0 Å². The summed E-state index contributed by atoms with van der Waals surface area (Å²) < 4.78 is 4.81. The van der Waals surface area contributed by atoms with Gasteiger partial charge in [0.15, 0.2) is 0 Å². The van der Waals surface area contributed by atoms with Gasteiger partial charge in [-0.05, 0) is 23.9 Å². The lowest BCUT2D eigenvalue weighted by atomic mass is 10.2. The number of carboxylic acid groups (broad SMARTS) is 1. The molecule has 6 heteroatoms. The highest BCUT2D eigenvalue weighted by Crippen LogP contribution is 2.15. The van der Waals surface area contributed by atoms with Crippen molar-refractivity contribution in [2.24, 2.45) is 0 Å². The number of thiophene rings is 1. The predicted octanol–water partition coefficient (Wildman–Crippen LogP) is 1.28. The van der Waals surface area contributed by atoms with Crippen LogP contribution in [0, 0.1) is 6.92 Å². The SMILES string of the molecule is COCCC(NC(=O)c1sccc1C)C(=O)O. The van der Waals surface area contributed by atoms with Crippen molar-refractivity contribution in [1.29, 1.82) is 0 Å². The normalized spacial score (nSPS) is 12.1. The van der Waals surface area contributed by atoms with Crippen molar-refractivity contribution in [3.8, 4) is 0 Å². The standard InChI is InChI=1S/C11H15NO4S/c1-7-4-6-17-9(7)10(13)12-8(11(14)15)3-5-16-2/h4,6,8H,3,5H2,1-2H3,(H,12,13)(H,14,15). The number of carboxylic acids is 1. The van der Waals surface area contributed by atoms with E-state index in [0.717, 1.165) is 5.56 Å². The molecule has 1 aromatic rings. The molecule has 2 N–H and O–H groups in total. The van der Waals surface area contributed by atoms with Gasteiger partial charge in [-0.1, -0.05) is 0 Å². The van der Waals surface area contributed by atoms with E-state index in [4.69, 9.17) is 9.84 Å². The van der Waals surface area contributed by atoms with E-state index in [1.54, 1.807) is 5.38 Å². The number of ether oxygens (including phenoxy) is 1. The third-order valence-electron chi connectivity index (χ3n) is 2.28. The number of methoxy groups -OCH3 is 1. The Morgan fingerprint density at radius 2 is 2.29 bits per heavy atom. The minimum atomic E-state index is -1.05. The second-order valence-electron chi connectivity index (χ2n) is 3.58. The minimum absolute atomic E-state index is 0.252. The highest BCUT2D eigenvalue weighted by molar-refractivity contribution is 7.12. The van der Waals surface area contributed by atoms with Crippen molar-refractivity contribution in [1.82, 2.24) is 5.32 Å². The Hall–Kier alpha value is -1.40. The molecular weight excluding hydrogens is 242 g/mol. The van der Waals surface area contributed by atoms with Crippen molar-refractivity contribution >= 4 is 23.2 Å². The fourth-order valence-corrected chi connectivity index (χ4v) is 2.15. The van der Waals surface area contributed by atoms with E-state index in [9.17, 15) is 9.59 Å². The van der Waals surface area contributed by atoms with E-state index in [1.807, 2.05) is 13.0 Å². The summed E-state index contributed by atoms with van der Waals surface area (Å²) in [5.41, 5.74) is 0.850. The van der Waals surface area contributed by atoms with Crippen molar-refractivity contribution < 1.29 is 19.4 Å². The van der Waals surface area contributed by atoms with Crippen LogP contribution in [0.1, 0.15) is 21.7 Å². The summed E-state index contributed by atoms with van der Waals surface area (Å²) in [6.45, 7) is 2.11. The molecule has 0 bridgehead atoms. The Morgan fingerprint density at radius 1 is 1.59 bits per heavy atom. The number of amides is 1. The number of carbonyl (C=O) groups is 2. The van der Waals surface area contributed by atoms with Crippen molar-refractivity contribution in [2.75, 3.05) is 13.7 Å². The van der Waals surface area contributed by atoms with Gasteiger partial charge in [0, 0.05) is 20.1 Å². The molecule has 0 spiro atoms. The van der Waals surface area contributed by atoms with Crippen LogP contribution in [0.2, 0.25) is 0 Å². The zero-order valence-electron chi connectivity index (χ0n) is 9.73. The van der Waals surface area contributed by atoms with Crippen LogP contribution in [0.5, 0.6) is 0 Å². The Kier molecular flexibility index (Phi) is 5.11. The summed E-state index contributed by atoms with van der Waals surface area (Å²) >= 11 is 1.30. The molecule has 1 heterocycles. The van der Waals surface area contributed by atoms with Gasteiger partial charge in [-0.2, -0.15) is 0 Å². The number of rotatable bonds is 6. The first-order valence-electron chi connectivity index (χ1n) is 5.13. The lowest BCUT2D eigenvalue weighted by Crippen LogP contribution is -2.41. The van der Waals surface area contributed by atoms with Gasteiger partial charge in [-0.15, -0.1) is 11.3 Å². The first-order chi connectivity index (χ1) is 8.06. The molecule has 1 aromatic heterocycles. The molecule has 17 heavy (non-hydrogen) atoms. The Bertz CT molecular complexity index is 402. The van der Waals surface area contributed by atoms with Crippen LogP contribution in [0.15, 0.2) is 11.4 Å². The molecule has 0 aromatic carbocycles. The molecule has 0 aliphatic carbocycles. The second kappa shape index (κ2) is 6.36. The molecule has 5 nitrogen and oxygen atoms in total. The molecular formula is C11H15NO4S. The minimum Gasteiger partial charge on any atom is -0.480 e. The quantitative estimate of drug-likeness (QED) is 0.805. The van der Waals surface area contributed by atoms with Gasteiger partial charge in [-0.25, -0.2) is 4.79 Å². The Balaban J connectivity index is 2.64. The largest absolute Gasteiger partial charge is 0.480 e. The molecule has 94 valence electrons. The van der Waals surface area contributed by atoms with Gasteiger partial charge in [0.2, 0.25) is 0 Å². The molecule has 1 amide bonds. The monoisotopic (exact) mass is 257 g/mol. The van der Waals surface area contributed by atoms with Gasteiger partial charge in [0.25, 0.3) is 5.91 Å². The average Bonchev–Trinajstić information content (AvgIpc) is 2.70. The van der Waals surface area contributed by atoms with Gasteiger partial charge in [0.05, 0.1) is 4.88 Å². The van der Waals surface area contributed by atoms with Crippen LogP contribution in [-0.4, -0.2) is 36.7 Å². The zero-order chi connectivity index (χ0) is 12.8. The van der Waals surface area contributed by atoms with E-state index in [2.05, 4.69) is 5.32 Å². The highest BCUT2D eigenvalue weighted by Gasteiger charge is 2.21. The van der Waals surface area contributed by atoms with Crippen LogP contribution in [-0.2, 0) is 9.53 Å². The van der Waals surface area contributed by atoms with Crippen molar-refractivity contribution in [2.45, 2.75) is 19.4 Å². The van der Waals surface area contributed by atoms with Gasteiger partial charge >= 0.3 is 5.97 Å². The fourth-order valence-electron chi connectivity index (χ4n) is 1.32. The Morgan fingerprint density at radius 3 is 2.76 bits per heavy atom. The van der Waals surface area contributed by atoms with Crippen LogP contribution in [0.25, 0.3) is 0 Å². The number of hydrogen-bond acceptors (Lipinski definition) is 4. The molecule has 0 radical (unpaired) electrons. The summed E-state index contributed by atoms with van der Waals surface area (Å²) in [5, 5.41) is 13.2. The van der Waals surface area contributed by atoms with Gasteiger partial charge < -0.3 is 15.2 Å². The smallest absolute Gasteiger partial charge is 0.326 e. The van der Waals surface area contributed by atoms with E-state index in [1.165, 1.54) is 18.4 Å². The maximum atomic E-state index is 11.8. The van der Waals surface area contributed by atoms with E-state index in [0.29, 0.717) is 11.5 Å². The molecule has 0 saturated heterocycles. The first kappa shape index (κ1) is 13.7. The number of nitrogens with one attached hydrogen (secondary N) is 1. The maximum absolute atomic E-state index is 11.8. The third kappa shape index (κ3) is 3.83. The predicted molar refractivity (Wildman–Crippen MR) is 64.4 cm³/mol. The summed E-state index contributed by atoms with van der Waals surface area (Å²) in [6.07, 6.45) is 0.252. The molecule has 0 aliphatic heterocycles. The summed E-state index contributed by atoms with van der Waals surface area (Å²) in [4.78, 5) is 23.3.